The van der Waals surface area contributed by atoms with Crippen molar-refractivity contribution < 1.29 is 4.79 Å². The van der Waals surface area contributed by atoms with E-state index in [1.54, 1.807) is 6.20 Å². The number of likely N-dealkylation sites (tertiary alicyclic amines) is 1. The summed E-state index contributed by atoms with van der Waals surface area (Å²) in [4.78, 5) is 19.4. The van der Waals surface area contributed by atoms with Gasteiger partial charge in [0.1, 0.15) is 0 Å². The molecule has 0 radical (unpaired) electrons. The smallest absolute Gasteiger partial charge is 0.223 e. The van der Waals surface area contributed by atoms with E-state index in [-0.39, 0.29) is 17.9 Å². The Hall–Kier alpha value is -1.86. The van der Waals surface area contributed by atoms with Crippen LogP contribution in [0.25, 0.3) is 0 Å². The third kappa shape index (κ3) is 4.56. The molecular weight excluding hydrogens is 286 g/mol. The molecule has 1 amide bonds. The standard InChI is InChI=1S/C19H27N3O/c1-5-11-22-12-8-16(9-13-22)19(23)21-17(14(2)3)18-15(4)7-6-10-20-18/h1,6-7,10,14,16-17H,8-9,11-13H2,2-4H3,(H,21,23)/t17-/m0/s1. The number of carbonyl (C=O) groups excluding carboxylic acids is 1. The summed E-state index contributed by atoms with van der Waals surface area (Å²) in [6.07, 6.45) is 8.90. The molecular formula is C19H27N3O. The Morgan fingerprint density at radius 2 is 2.17 bits per heavy atom. The quantitative estimate of drug-likeness (QED) is 0.850. The van der Waals surface area contributed by atoms with Gasteiger partial charge in [-0.2, -0.15) is 0 Å². The van der Waals surface area contributed by atoms with E-state index in [1.165, 1.54) is 0 Å². The highest BCUT2D eigenvalue weighted by molar-refractivity contribution is 5.79. The molecule has 124 valence electrons. The highest BCUT2D eigenvalue weighted by Crippen LogP contribution is 2.25. The third-order valence-corrected chi connectivity index (χ3v) is 4.58. The largest absolute Gasteiger partial charge is 0.347 e. The molecule has 1 aromatic rings. The lowest BCUT2D eigenvalue weighted by Gasteiger charge is -2.31. The molecule has 4 nitrogen and oxygen atoms in total. The van der Waals surface area contributed by atoms with Crippen molar-refractivity contribution >= 4 is 5.91 Å². The first-order valence-electron chi connectivity index (χ1n) is 8.40. The Bertz CT molecular complexity index is 568. The number of aromatic nitrogens is 1. The topological polar surface area (TPSA) is 45.2 Å². The maximum Gasteiger partial charge on any atom is 0.223 e. The molecule has 0 saturated carbocycles. The number of rotatable bonds is 5. The fraction of sp³-hybridized carbons (Fsp3) is 0.579. The summed E-state index contributed by atoms with van der Waals surface area (Å²) in [5.41, 5.74) is 2.09. The van der Waals surface area contributed by atoms with Gasteiger partial charge in [0.05, 0.1) is 18.3 Å². The molecule has 4 heteroatoms. The molecule has 0 aromatic carbocycles. The summed E-state index contributed by atoms with van der Waals surface area (Å²) in [6, 6.07) is 3.94. The number of nitrogens with zero attached hydrogens (tertiary/aromatic N) is 2. The molecule has 1 aliphatic heterocycles. The van der Waals surface area contributed by atoms with Crippen molar-refractivity contribution in [2.75, 3.05) is 19.6 Å². The van der Waals surface area contributed by atoms with Gasteiger partial charge in [0.25, 0.3) is 0 Å². The minimum atomic E-state index is -0.0348. The zero-order chi connectivity index (χ0) is 16.8. The molecule has 23 heavy (non-hydrogen) atoms. The van der Waals surface area contributed by atoms with Gasteiger partial charge in [0, 0.05) is 12.1 Å². The molecule has 1 saturated heterocycles. The number of aryl methyl sites for hydroxylation is 1. The second-order valence-electron chi connectivity index (χ2n) is 6.69. The Morgan fingerprint density at radius 3 is 2.74 bits per heavy atom. The Labute approximate surface area is 139 Å². The number of piperidine rings is 1. The number of pyridine rings is 1. The maximum atomic E-state index is 12.7. The lowest BCUT2D eigenvalue weighted by Crippen LogP contribution is -2.42. The van der Waals surface area contributed by atoms with Crippen LogP contribution >= 0.6 is 0 Å². The molecule has 0 bridgehead atoms. The van der Waals surface area contributed by atoms with Crippen LogP contribution in [0.1, 0.15) is 44.0 Å². The molecule has 1 aliphatic rings. The molecule has 0 spiro atoms. The lowest BCUT2D eigenvalue weighted by molar-refractivity contribution is -0.127. The van der Waals surface area contributed by atoms with Gasteiger partial charge in [-0.05, 0) is 50.4 Å². The highest BCUT2D eigenvalue weighted by atomic mass is 16.2. The number of amides is 1. The van der Waals surface area contributed by atoms with Gasteiger partial charge in [-0.1, -0.05) is 25.8 Å². The van der Waals surface area contributed by atoms with Crippen molar-refractivity contribution in [2.24, 2.45) is 11.8 Å². The number of hydrogen-bond acceptors (Lipinski definition) is 3. The molecule has 0 unspecified atom stereocenters. The summed E-state index contributed by atoms with van der Waals surface area (Å²) in [5, 5.41) is 3.23. The SMILES string of the molecule is C#CCN1CCC(C(=O)N[C@H](c2ncccc2C)C(C)C)CC1. The van der Waals surface area contributed by atoms with Crippen molar-refractivity contribution in [3.8, 4) is 12.3 Å². The monoisotopic (exact) mass is 313 g/mol. The van der Waals surface area contributed by atoms with Crippen molar-refractivity contribution in [1.82, 2.24) is 15.2 Å². The highest BCUT2D eigenvalue weighted by Gasteiger charge is 2.28. The van der Waals surface area contributed by atoms with Crippen LogP contribution < -0.4 is 5.32 Å². The summed E-state index contributed by atoms with van der Waals surface area (Å²) in [6.45, 7) is 8.76. The van der Waals surface area contributed by atoms with Crippen molar-refractivity contribution in [1.29, 1.82) is 0 Å². The zero-order valence-electron chi connectivity index (χ0n) is 14.4. The predicted molar refractivity (Wildman–Crippen MR) is 92.7 cm³/mol. The van der Waals surface area contributed by atoms with Crippen LogP contribution in [-0.4, -0.2) is 35.4 Å². The van der Waals surface area contributed by atoms with E-state index in [1.807, 2.05) is 19.1 Å². The third-order valence-electron chi connectivity index (χ3n) is 4.58. The van der Waals surface area contributed by atoms with Gasteiger partial charge in [-0.25, -0.2) is 0 Å². The number of nitrogens with one attached hydrogen (secondary N) is 1. The van der Waals surface area contributed by atoms with E-state index in [2.05, 4.69) is 35.0 Å². The normalized spacial score (nSPS) is 17.7. The number of hydrogen-bond donors (Lipinski definition) is 1. The summed E-state index contributed by atoms with van der Waals surface area (Å²) >= 11 is 0. The second kappa shape index (κ2) is 8.12. The zero-order valence-corrected chi connectivity index (χ0v) is 14.4. The van der Waals surface area contributed by atoms with Gasteiger partial charge in [-0.3, -0.25) is 14.7 Å². The van der Waals surface area contributed by atoms with E-state index in [0.29, 0.717) is 12.5 Å². The lowest BCUT2D eigenvalue weighted by atomic mass is 9.93. The van der Waals surface area contributed by atoms with Crippen molar-refractivity contribution in [3.63, 3.8) is 0 Å². The molecule has 0 aliphatic carbocycles. The van der Waals surface area contributed by atoms with Crippen LogP contribution in [0.4, 0.5) is 0 Å². The van der Waals surface area contributed by atoms with Crippen molar-refractivity contribution in [2.45, 2.75) is 39.7 Å². The average Bonchev–Trinajstić information content (AvgIpc) is 2.54. The van der Waals surface area contributed by atoms with Gasteiger partial charge in [-0.15, -0.1) is 6.42 Å². The van der Waals surface area contributed by atoms with Crippen molar-refractivity contribution in [3.05, 3.63) is 29.6 Å². The summed E-state index contributed by atoms with van der Waals surface area (Å²) in [5.74, 6) is 3.20. The summed E-state index contributed by atoms with van der Waals surface area (Å²) in [7, 11) is 0. The van der Waals surface area contributed by atoms with Crippen LogP contribution in [0.2, 0.25) is 0 Å². The molecule has 1 aromatic heterocycles. The summed E-state index contributed by atoms with van der Waals surface area (Å²) < 4.78 is 0. The number of terminal acetylenes is 1. The maximum absolute atomic E-state index is 12.7. The van der Waals surface area contributed by atoms with Gasteiger partial charge >= 0.3 is 0 Å². The van der Waals surface area contributed by atoms with Crippen LogP contribution in [0.3, 0.4) is 0 Å². The van der Waals surface area contributed by atoms with E-state index in [9.17, 15) is 4.79 Å². The first-order valence-corrected chi connectivity index (χ1v) is 8.40. The van der Waals surface area contributed by atoms with Gasteiger partial charge < -0.3 is 5.32 Å². The Balaban J connectivity index is 2.00. The molecule has 2 heterocycles. The van der Waals surface area contributed by atoms with Crippen LogP contribution in [-0.2, 0) is 4.79 Å². The fourth-order valence-electron chi connectivity index (χ4n) is 3.13. The molecule has 2 rings (SSSR count). The Kier molecular flexibility index (Phi) is 6.18. The van der Waals surface area contributed by atoms with Gasteiger partial charge in [0.15, 0.2) is 0 Å². The average molecular weight is 313 g/mol. The second-order valence-corrected chi connectivity index (χ2v) is 6.69. The van der Waals surface area contributed by atoms with Crippen LogP contribution in [0.15, 0.2) is 18.3 Å². The van der Waals surface area contributed by atoms with E-state index < -0.39 is 0 Å². The predicted octanol–water partition coefficient (Wildman–Crippen LogP) is 2.55. The van der Waals surface area contributed by atoms with E-state index in [0.717, 1.165) is 37.2 Å². The van der Waals surface area contributed by atoms with Crippen LogP contribution in [0, 0.1) is 31.1 Å². The molecule has 1 fully saturated rings. The minimum Gasteiger partial charge on any atom is -0.347 e. The Morgan fingerprint density at radius 1 is 1.48 bits per heavy atom. The van der Waals surface area contributed by atoms with Gasteiger partial charge in [0.2, 0.25) is 5.91 Å². The fourth-order valence-corrected chi connectivity index (χ4v) is 3.13. The molecule has 1 N–H and O–H groups in total. The minimum absolute atomic E-state index is 0.0348. The molecule has 1 atom stereocenters. The van der Waals surface area contributed by atoms with E-state index in [4.69, 9.17) is 6.42 Å². The first kappa shape index (κ1) is 17.5. The van der Waals surface area contributed by atoms with Crippen LogP contribution in [0.5, 0.6) is 0 Å². The van der Waals surface area contributed by atoms with E-state index >= 15 is 0 Å². The number of carbonyl (C=O) groups is 1. The first-order chi connectivity index (χ1) is 11.0.